The van der Waals surface area contributed by atoms with Crippen LogP contribution in [-0.4, -0.2) is 55.0 Å². The van der Waals surface area contributed by atoms with Gasteiger partial charge in [-0.3, -0.25) is 4.79 Å². The number of carbonyl (C=O) groups is 1. The summed E-state index contributed by atoms with van der Waals surface area (Å²) in [4.78, 5) is 14.6. The van der Waals surface area contributed by atoms with Gasteiger partial charge in [0, 0.05) is 32.1 Å². The van der Waals surface area contributed by atoms with E-state index in [1.165, 1.54) is 37.7 Å². The Labute approximate surface area is 170 Å². The van der Waals surface area contributed by atoms with Crippen LogP contribution in [0.15, 0.2) is 11.6 Å². The highest BCUT2D eigenvalue weighted by Crippen LogP contribution is 2.37. The Morgan fingerprint density at radius 1 is 1.00 bits per heavy atom. The Morgan fingerprint density at radius 2 is 1.82 bits per heavy atom. The molecule has 0 spiro atoms. The van der Waals surface area contributed by atoms with Crippen LogP contribution in [0, 0.1) is 11.8 Å². The molecule has 4 rings (SSSR count). The number of likely N-dealkylation sites (tertiary alicyclic amines) is 1. The number of piperidine rings is 2. The van der Waals surface area contributed by atoms with Gasteiger partial charge in [0.2, 0.25) is 15.9 Å². The summed E-state index contributed by atoms with van der Waals surface area (Å²) < 4.78 is 27.8. The van der Waals surface area contributed by atoms with E-state index in [0.717, 1.165) is 45.2 Å². The molecular formula is C22H36N2O3S. The number of carbonyl (C=O) groups excluding carboxylic acids is 1. The Balaban J connectivity index is 1.28. The van der Waals surface area contributed by atoms with Crippen LogP contribution in [-0.2, 0) is 14.8 Å². The SMILES string of the molecule is O=C(CCCS(=O)(=O)N1CCCC2CCCCC21)N1CCC2CCCC=C2C1. The molecule has 2 aliphatic heterocycles. The molecule has 2 aliphatic carbocycles. The summed E-state index contributed by atoms with van der Waals surface area (Å²) in [5, 5.41) is 0. The summed E-state index contributed by atoms with van der Waals surface area (Å²) in [7, 11) is -3.25. The lowest BCUT2D eigenvalue weighted by molar-refractivity contribution is -0.131. The van der Waals surface area contributed by atoms with Gasteiger partial charge in [0.1, 0.15) is 0 Å². The van der Waals surface area contributed by atoms with Crippen LogP contribution in [0.5, 0.6) is 0 Å². The van der Waals surface area contributed by atoms with Crippen LogP contribution < -0.4 is 0 Å². The number of amides is 1. The topological polar surface area (TPSA) is 57.7 Å². The number of nitrogens with zero attached hydrogens (tertiary/aromatic N) is 2. The fourth-order valence-corrected chi connectivity index (χ4v) is 7.80. The molecule has 3 fully saturated rings. The highest BCUT2D eigenvalue weighted by molar-refractivity contribution is 7.89. The van der Waals surface area contributed by atoms with Crippen molar-refractivity contribution in [2.75, 3.05) is 25.4 Å². The third-order valence-corrected chi connectivity index (χ3v) is 9.48. The summed E-state index contributed by atoms with van der Waals surface area (Å²) in [6, 6.07) is 0.223. The van der Waals surface area contributed by atoms with Gasteiger partial charge in [-0.25, -0.2) is 8.42 Å². The van der Waals surface area contributed by atoms with Crippen LogP contribution in [0.3, 0.4) is 0 Å². The van der Waals surface area contributed by atoms with Crippen LogP contribution in [0.2, 0.25) is 0 Å². The van der Waals surface area contributed by atoms with E-state index in [2.05, 4.69) is 6.08 Å². The predicted molar refractivity (Wildman–Crippen MR) is 111 cm³/mol. The number of fused-ring (bicyclic) bond motifs is 2. The minimum absolute atomic E-state index is 0.126. The molecule has 0 aromatic rings. The van der Waals surface area contributed by atoms with Crippen molar-refractivity contribution in [2.45, 2.75) is 83.1 Å². The van der Waals surface area contributed by atoms with E-state index < -0.39 is 10.0 Å². The molecule has 3 atom stereocenters. The molecule has 3 unspecified atom stereocenters. The molecular weight excluding hydrogens is 372 g/mol. The van der Waals surface area contributed by atoms with Crippen LogP contribution in [0.4, 0.5) is 0 Å². The van der Waals surface area contributed by atoms with Crippen molar-refractivity contribution in [3.05, 3.63) is 11.6 Å². The molecule has 28 heavy (non-hydrogen) atoms. The van der Waals surface area contributed by atoms with E-state index >= 15 is 0 Å². The quantitative estimate of drug-likeness (QED) is 0.652. The molecule has 0 aromatic carbocycles. The number of rotatable bonds is 5. The third-order valence-electron chi connectivity index (χ3n) is 7.50. The van der Waals surface area contributed by atoms with Gasteiger partial charge in [-0.1, -0.05) is 24.5 Å². The van der Waals surface area contributed by atoms with Crippen molar-refractivity contribution in [1.29, 1.82) is 0 Å². The van der Waals surface area contributed by atoms with E-state index in [1.807, 2.05) is 9.21 Å². The average Bonchev–Trinajstić information content (AvgIpc) is 2.72. The van der Waals surface area contributed by atoms with Crippen LogP contribution >= 0.6 is 0 Å². The average molecular weight is 409 g/mol. The molecule has 1 saturated carbocycles. The monoisotopic (exact) mass is 408 g/mol. The zero-order chi connectivity index (χ0) is 19.6. The van der Waals surface area contributed by atoms with Crippen molar-refractivity contribution in [3.63, 3.8) is 0 Å². The Morgan fingerprint density at radius 3 is 2.71 bits per heavy atom. The summed E-state index contributed by atoms with van der Waals surface area (Å²) in [5.74, 6) is 1.50. The third kappa shape index (κ3) is 4.48. The maximum Gasteiger partial charge on any atom is 0.222 e. The first-order valence-electron chi connectivity index (χ1n) is 11.5. The van der Waals surface area contributed by atoms with E-state index in [1.54, 1.807) is 0 Å². The lowest BCUT2D eigenvalue weighted by Crippen LogP contribution is -2.50. The van der Waals surface area contributed by atoms with Crippen molar-refractivity contribution in [3.8, 4) is 0 Å². The fraction of sp³-hybridized carbons (Fsp3) is 0.864. The van der Waals surface area contributed by atoms with Crippen molar-refractivity contribution < 1.29 is 13.2 Å². The van der Waals surface area contributed by atoms with Crippen LogP contribution in [0.1, 0.15) is 77.0 Å². The van der Waals surface area contributed by atoms with E-state index in [0.29, 0.717) is 31.2 Å². The maximum atomic E-state index is 13.0. The molecule has 0 radical (unpaired) electrons. The first-order chi connectivity index (χ1) is 13.5. The van der Waals surface area contributed by atoms with Crippen molar-refractivity contribution in [1.82, 2.24) is 9.21 Å². The van der Waals surface area contributed by atoms with Gasteiger partial charge >= 0.3 is 0 Å². The second-order valence-corrected chi connectivity index (χ2v) is 11.3. The molecule has 0 aromatic heterocycles. The lowest BCUT2D eigenvalue weighted by atomic mass is 9.79. The number of allylic oxidation sites excluding steroid dienone is 1. The Hall–Kier alpha value is -0.880. The normalized spacial score (nSPS) is 31.6. The predicted octanol–water partition coefficient (Wildman–Crippen LogP) is 3.71. The molecule has 4 aliphatic rings. The van der Waals surface area contributed by atoms with Gasteiger partial charge < -0.3 is 4.90 Å². The Kier molecular flexibility index (Phi) is 6.46. The van der Waals surface area contributed by atoms with Gasteiger partial charge in [0.05, 0.1) is 5.75 Å². The summed E-state index contributed by atoms with van der Waals surface area (Å²) in [6.45, 7) is 2.29. The minimum atomic E-state index is -3.25. The van der Waals surface area contributed by atoms with Crippen molar-refractivity contribution in [2.24, 2.45) is 11.8 Å². The van der Waals surface area contributed by atoms with Gasteiger partial charge in [0.15, 0.2) is 0 Å². The summed E-state index contributed by atoms with van der Waals surface area (Å²) >= 11 is 0. The van der Waals surface area contributed by atoms with Gasteiger partial charge in [-0.2, -0.15) is 4.31 Å². The standard InChI is InChI=1S/C22H36N2O3S/c25-22(23-15-13-18-7-1-2-9-20(18)17-23)12-6-16-28(26,27)24-14-5-10-19-8-3-4-11-21(19)24/h9,18-19,21H,1-8,10-17H2. The minimum Gasteiger partial charge on any atom is -0.339 e. The smallest absolute Gasteiger partial charge is 0.222 e. The molecule has 0 N–H and O–H groups in total. The van der Waals surface area contributed by atoms with Crippen molar-refractivity contribution >= 4 is 15.9 Å². The fourth-order valence-electron chi connectivity index (χ4n) is 5.96. The largest absolute Gasteiger partial charge is 0.339 e. The second kappa shape index (κ2) is 8.86. The first-order valence-corrected chi connectivity index (χ1v) is 13.1. The van der Waals surface area contributed by atoms with E-state index in [4.69, 9.17) is 0 Å². The zero-order valence-electron chi connectivity index (χ0n) is 17.2. The molecule has 5 nitrogen and oxygen atoms in total. The molecule has 2 heterocycles. The number of sulfonamides is 1. The van der Waals surface area contributed by atoms with E-state index in [9.17, 15) is 13.2 Å². The van der Waals surface area contributed by atoms with Gasteiger partial charge in [0.25, 0.3) is 0 Å². The second-order valence-electron chi connectivity index (χ2n) is 9.30. The van der Waals surface area contributed by atoms with Crippen LogP contribution in [0.25, 0.3) is 0 Å². The molecule has 2 saturated heterocycles. The summed E-state index contributed by atoms with van der Waals surface area (Å²) in [6.07, 6.45) is 14.7. The lowest BCUT2D eigenvalue weighted by Gasteiger charge is -2.43. The van der Waals surface area contributed by atoms with Gasteiger partial charge in [-0.05, 0) is 69.6 Å². The highest BCUT2D eigenvalue weighted by atomic mass is 32.2. The molecule has 158 valence electrons. The van der Waals surface area contributed by atoms with E-state index in [-0.39, 0.29) is 17.7 Å². The number of hydrogen-bond donors (Lipinski definition) is 0. The molecule has 0 bridgehead atoms. The first kappa shape index (κ1) is 20.4. The molecule has 6 heteroatoms. The highest BCUT2D eigenvalue weighted by Gasteiger charge is 2.39. The molecule has 1 amide bonds. The summed E-state index contributed by atoms with van der Waals surface area (Å²) in [5.41, 5.74) is 1.44. The van der Waals surface area contributed by atoms with Gasteiger partial charge in [-0.15, -0.1) is 0 Å². The Bertz CT molecular complexity index is 701. The zero-order valence-corrected chi connectivity index (χ0v) is 18.0. The maximum absolute atomic E-state index is 13.0. The number of hydrogen-bond acceptors (Lipinski definition) is 3.